The molecule has 0 radical (unpaired) electrons. The highest BCUT2D eigenvalue weighted by atomic mass is 35.5. The van der Waals surface area contributed by atoms with Gasteiger partial charge in [0.1, 0.15) is 22.1 Å². The Bertz CT molecular complexity index is 2310. The van der Waals surface area contributed by atoms with E-state index in [-0.39, 0.29) is 52.7 Å². The van der Waals surface area contributed by atoms with Crippen molar-refractivity contribution in [1.29, 1.82) is 5.26 Å². The molecular formula is C40H42ClN7O7. The summed E-state index contributed by atoms with van der Waals surface area (Å²) >= 11 is 6.55. The van der Waals surface area contributed by atoms with Crippen LogP contribution in [-0.2, 0) is 17.7 Å². The van der Waals surface area contributed by atoms with Crippen molar-refractivity contribution in [2.24, 2.45) is 0 Å². The van der Waals surface area contributed by atoms with Gasteiger partial charge in [-0.15, -0.1) is 0 Å². The van der Waals surface area contributed by atoms with Crippen LogP contribution in [0.2, 0.25) is 5.02 Å². The molecule has 1 unspecified atom stereocenters. The fourth-order valence-corrected chi connectivity index (χ4v) is 6.38. The number of amides is 1. The second-order valence-electron chi connectivity index (χ2n) is 14.1. The summed E-state index contributed by atoms with van der Waals surface area (Å²) in [6.07, 6.45) is 2.64. The van der Waals surface area contributed by atoms with Gasteiger partial charge in [0.2, 0.25) is 11.8 Å². The first-order valence-corrected chi connectivity index (χ1v) is 17.7. The minimum atomic E-state index is -1.28. The van der Waals surface area contributed by atoms with Crippen LogP contribution >= 0.6 is 11.6 Å². The van der Waals surface area contributed by atoms with Crippen LogP contribution < -0.4 is 19.9 Å². The summed E-state index contributed by atoms with van der Waals surface area (Å²) in [7, 11) is 4.43. The smallest absolute Gasteiger partial charge is 0.416 e. The number of aromatic nitrogens is 5. The summed E-state index contributed by atoms with van der Waals surface area (Å²) in [4.78, 5) is 49.2. The predicted octanol–water partition coefficient (Wildman–Crippen LogP) is 6.98. The molecule has 0 spiro atoms. The largest absolute Gasteiger partial charge is 0.497 e. The van der Waals surface area contributed by atoms with Gasteiger partial charge in [0, 0.05) is 24.7 Å². The predicted molar refractivity (Wildman–Crippen MR) is 206 cm³/mol. The van der Waals surface area contributed by atoms with Crippen LogP contribution in [0.1, 0.15) is 90.5 Å². The van der Waals surface area contributed by atoms with Crippen molar-refractivity contribution in [3.8, 4) is 23.4 Å². The van der Waals surface area contributed by atoms with E-state index in [2.05, 4.69) is 21.1 Å². The topological polar surface area (TPSA) is 175 Å². The first-order valence-electron chi connectivity index (χ1n) is 17.3. The van der Waals surface area contributed by atoms with Crippen molar-refractivity contribution in [2.45, 2.75) is 65.0 Å². The van der Waals surface area contributed by atoms with Gasteiger partial charge in [-0.3, -0.25) is 4.79 Å². The number of nitrogens with zero attached hydrogens (tertiary/aromatic N) is 7. The van der Waals surface area contributed by atoms with Crippen LogP contribution in [0, 0.1) is 11.3 Å². The number of halogens is 1. The van der Waals surface area contributed by atoms with E-state index in [1.54, 1.807) is 76.5 Å². The number of carboxylic acids is 1. The van der Waals surface area contributed by atoms with E-state index < -0.39 is 23.6 Å². The van der Waals surface area contributed by atoms with E-state index in [1.807, 2.05) is 26.0 Å². The Morgan fingerprint density at radius 2 is 1.71 bits per heavy atom. The van der Waals surface area contributed by atoms with Gasteiger partial charge in [0.25, 0.3) is 5.56 Å². The van der Waals surface area contributed by atoms with Crippen LogP contribution in [0.5, 0.6) is 11.6 Å². The van der Waals surface area contributed by atoms with Crippen LogP contribution in [0.4, 0.5) is 10.7 Å². The molecule has 0 saturated heterocycles. The first-order chi connectivity index (χ1) is 26.0. The fraction of sp³-hybridized carbons (Fsp3) is 0.325. The molecule has 1 amide bonds. The molecule has 55 heavy (non-hydrogen) atoms. The molecule has 15 heteroatoms. The number of carbonyl (C=O) groups is 2. The Labute approximate surface area is 323 Å². The summed E-state index contributed by atoms with van der Waals surface area (Å²) < 4.78 is 19.4. The van der Waals surface area contributed by atoms with Gasteiger partial charge in [0.05, 0.1) is 44.3 Å². The van der Waals surface area contributed by atoms with Crippen molar-refractivity contribution in [2.75, 3.05) is 26.2 Å². The Balaban J connectivity index is 1.68. The second kappa shape index (κ2) is 16.4. The number of ether oxygens (including phenoxy) is 3. The number of carboxylic acid groups (broad SMARTS) is 1. The third-order valence-corrected chi connectivity index (χ3v) is 8.93. The monoisotopic (exact) mass is 767 g/mol. The Hall–Kier alpha value is -6.20. The molecular weight excluding hydrogens is 726 g/mol. The zero-order valence-electron chi connectivity index (χ0n) is 31.8. The van der Waals surface area contributed by atoms with Crippen LogP contribution in [0.3, 0.4) is 0 Å². The summed E-state index contributed by atoms with van der Waals surface area (Å²) in [5.74, 6) is -1.55. The van der Waals surface area contributed by atoms with Crippen molar-refractivity contribution in [1.82, 2.24) is 24.3 Å². The molecule has 1 N–H and O–H groups in total. The number of carbonyl (C=O) groups excluding carboxylic acids is 1. The molecule has 3 heterocycles. The number of aromatic carboxylic acids is 1. The lowest BCUT2D eigenvalue weighted by Crippen LogP contribution is -2.35. The Morgan fingerprint density at radius 1 is 1.04 bits per heavy atom. The van der Waals surface area contributed by atoms with Gasteiger partial charge in [0.15, 0.2) is 5.69 Å². The SMILES string of the molecule is COc1ccc(Cn2cc(CC(c3ccc(C#N)cc3)c3c(C(=O)O)nn(-c4cnc(N(C)C(=O)OC(C)(C)C)nc4OC)c3C(C)C)cc(Cl)c2=O)cc1. The second-order valence-corrected chi connectivity index (χ2v) is 14.5. The van der Waals surface area contributed by atoms with Crippen molar-refractivity contribution in [3.63, 3.8) is 0 Å². The van der Waals surface area contributed by atoms with E-state index in [0.29, 0.717) is 33.7 Å². The number of nitriles is 1. The molecule has 5 aromatic rings. The maximum absolute atomic E-state index is 13.2. The van der Waals surface area contributed by atoms with E-state index in [9.17, 15) is 24.8 Å². The molecule has 0 fully saturated rings. The number of hydrogen-bond acceptors (Lipinski definition) is 10. The van der Waals surface area contributed by atoms with Crippen LogP contribution in [0.25, 0.3) is 5.69 Å². The molecule has 2 aromatic carbocycles. The lowest BCUT2D eigenvalue weighted by atomic mass is 9.82. The minimum absolute atomic E-state index is 0.00107. The van der Waals surface area contributed by atoms with Gasteiger partial charge in [-0.2, -0.15) is 15.3 Å². The standard InChI is InChI=1S/C40H42ClN7O7/c1-23(2)34-32(33(37(50)51)45-48(34)31-20-43-38(44-35(31)54-8)46(6)39(52)55-40(3,4)5)29(27-13-9-24(19-42)10-14-27)17-26-18-30(41)36(49)47(22-26)21-25-11-15-28(53-7)16-12-25/h9-16,18,20,22-23,29H,17,21H2,1-8H3,(H,50,51). The summed E-state index contributed by atoms with van der Waals surface area (Å²) in [6, 6.07) is 17.9. The minimum Gasteiger partial charge on any atom is -0.497 e. The highest BCUT2D eigenvalue weighted by Crippen LogP contribution is 2.39. The third-order valence-electron chi connectivity index (χ3n) is 8.66. The Morgan fingerprint density at radius 3 is 2.27 bits per heavy atom. The Kier molecular flexibility index (Phi) is 12.0. The molecule has 5 rings (SSSR count). The van der Waals surface area contributed by atoms with Crippen LogP contribution in [0.15, 0.2) is 71.8 Å². The lowest BCUT2D eigenvalue weighted by molar-refractivity contribution is 0.0586. The lowest BCUT2D eigenvalue weighted by Gasteiger charge is -2.24. The zero-order valence-corrected chi connectivity index (χ0v) is 32.6. The van der Waals surface area contributed by atoms with Crippen LogP contribution in [-0.4, -0.2) is 68.4 Å². The van der Waals surface area contributed by atoms with E-state index in [1.165, 1.54) is 29.6 Å². The van der Waals surface area contributed by atoms with Crippen molar-refractivity contribution in [3.05, 3.63) is 122 Å². The molecule has 3 aromatic heterocycles. The van der Waals surface area contributed by atoms with E-state index in [0.717, 1.165) is 10.5 Å². The summed E-state index contributed by atoms with van der Waals surface area (Å²) in [5, 5.41) is 24.9. The number of methoxy groups -OCH3 is 2. The van der Waals surface area contributed by atoms with Crippen molar-refractivity contribution < 1.29 is 28.9 Å². The maximum atomic E-state index is 13.2. The number of benzene rings is 2. The van der Waals surface area contributed by atoms with Gasteiger partial charge < -0.3 is 23.9 Å². The van der Waals surface area contributed by atoms with Gasteiger partial charge in [-0.05, 0) is 80.1 Å². The van der Waals surface area contributed by atoms with Gasteiger partial charge >= 0.3 is 12.1 Å². The molecule has 0 saturated carbocycles. The number of pyridine rings is 1. The molecule has 0 aliphatic rings. The number of rotatable bonds is 12. The average molecular weight is 768 g/mol. The van der Waals surface area contributed by atoms with E-state index >= 15 is 0 Å². The quantitative estimate of drug-likeness (QED) is 0.139. The normalized spacial score (nSPS) is 11.9. The number of hydrogen-bond donors (Lipinski definition) is 1. The van der Waals surface area contributed by atoms with E-state index in [4.69, 9.17) is 25.8 Å². The molecule has 286 valence electrons. The highest BCUT2D eigenvalue weighted by Gasteiger charge is 2.33. The molecule has 1 atom stereocenters. The molecule has 0 aliphatic carbocycles. The van der Waals surface area contributed by atoms with Gasteiger partial charge in [-0.1, -0.05) is 49.7 Å². The molecule has 0 aliphatic heterocycles. The summed E-state index contributed by atoms with van der Waals surface area (Å²) in [5.41, 5.74) is 2.41. The molecule has 14 nitrogen and oxygen atoms in total. The zero-order chi connectivity index (χ0) is 40.2. The average Bonchev–Trinajstić information content (AvgIpc) is 3.56. The maximum Gasteiger partial charge on any atom is 0.416 e. The summed E-state index contributed by atoms with van der Waals surface area (Å²) in [6.45, 7) is 9.26. The number of anilines is 1. The third kappa shape index (κ3) is 8.96. The highest BCUT2D eigenvalue weighted by molar-refractivity contribution is 6.30. The van der Waals surface area contributed by atoms with Crippen molar-refractivity contribution >= 4 is 29.6 Å². The van der Waals surface area contributed by atoms with Gasteiger partial charge in [-0.25, -0.2) is 24.2 Å². The fourth-order valence-electron chi connectivity index (χ4n) is 6.13. The molecule has 0 bridgehead atoms. The first kappa shape index (κ1) is 40.0.